The number of halogens is 2. The third-order valence-electron chi connectivity index (χ3n) is 4.69. The molecule has 0 saturated heterocycles. The first-order valence-electron chi connectivity index (χ1n) is 11.6. The molecule has 0 aromatic heterocycles. The third-order valence-corrected chi connectivity index (χ3v) is 7.33. The molecule has 0 rings (SSSR count). The Morgan fingerprint density at radius 2 is 0.656 bits per heavy atom. The van der Waals surface area contributed by atoms with Crippen LogP contribution in [0.15, 0.2) is 0 Å². The van der Waals surface area contributed by atoms with Crippen LogP contribution in [0.25, 0.3) is 0 Å². The van der Waals surface area contributed by atoms with Crippen LogP contribution in [0.1, 0.15) is 89.9 Å². The molecular formula is C20H40Br2O8P2-2. The number of unbranched alkanes of at least 4 members (excludes halogenated alkanes) is 13. The maximum Gasteiger partial charge on any atom is 0.267 e. The van der Waals surface area contributed by atoms with E-state index in [4.69, 9.17) is 9.05 Å². The fourth-order valence-corrected chi connectivity index (χ4v) is 5.35. The normalized spacial score (nSPS) is 15.5. The minimum absolute atomic E-state index is 0.0962. The van der Waals surface area contributed by atoms with Gasteiger partial charge in [0.25, 0.3) is 15.6 Å². The number of phosphoric acid groups is 2. The molecule has 0 aliphatic carbocycles. The molecule has 0 aliphatic rings. The van der Waals surface area contributed by atoms with Gasteiger partial charge in [-0.05, 0) is 12.8 Å². The molecule has 0 fully saturated rings. The van der Waals surface area contributed by atoms with Gasteiger partial charge in [-0.1, -0.05) is 109 Å². The highest BCUT2D eigenvalue weighted by atomic mass is 79.9. The summed E-state index contributed by atoms with van der Waals surface area (Å²) in [6.45, 7) is 0.584. The maximum atomic E-state index is 11.3. The monoisotopic (exact) mass is 628 g/mol. The predicted molar refractivity (Wildman–Crippen MR) is 131 cm³/mol. The summed E-state index contributed by atoms with van der Waals surface area (Å²) in [5, 5.41) is 0.923. The Kier molecular flexibility index (Phi) is 23.5. The number of hydrogen-bond acceptors (Lipinski definition) is 8. The van der Waals surface area contributed by atoms with E-state index in [2.05, 4.69) is 40.9 Å². The first-order valence-corrected chi connectivity index (χ1v) is 16.8. The Labute approximate surface area is 211 Å². The molecule has 0 spiro atoms. The summed E-state index contributed by atoms with van der Waals surface area (Å²) in [5.74, 6) is 0. The Morgan fingerprint density at radius 1 is 0.438 bits per heavy atom. The lowest BCUT2D eigenvalue weighted by atomic mass is 10.0. The van der Waals surface area contributed by atoms with Gasteiger partial charge in [-0.25, -0.2) is 0 Å². The molecule has 12 heteroatoms. The summed E-state index contributed by atoms with van der Waals surface area (Å²) >= 11 is 6.20. The van der Waals surface area contributed by atoms with Crippen LogP contribution in [0.4, 0.5) is 0 Å². The number of hydrogen-bond donors (Lipinski definition) is 0. The first kappa shape index (κ1) is 33.2. The molecule has 8 nitrogen and oxygen atoms in total. The van der Waals surface area contributed by atoms with Gasteiger partial charge < -0.3 is 27.9 Å². The van der Waals surface area contributed by atoms with Gasteiger partial charge in [0.15, 0.2) is 0 Å². The van der Waals surface area contributed by atoms with Crippen LogP contribution in [-0.2, 0) is 27.2 Å². The highest BCUT2D eigenvalue weighted by molar-refractivity contribution is 9.09. The minimum Gasteiger partial charge on any atom is -0.756 e. The second-order valence-electron chi connectivity index (χ2n) is 7.56. The molecule has 0 N–H and O–H groups in total. The van der Waals surface area contributed by atoms with E-state index in [1.54, 1.807) is 0 Å². The molecule has 0 heterocycles. The molecule has 32 heavy (non-hydrogen) atoms. The van der Waals surface area contributed by atoms with Crippen molar-refractivity contribution in [2.24, 2.45) is 0 Å². The van der Waals surface area contributed by atoms with Gasteiger partial charge in [0.05, 0.1) is 26.4 Å². The largest absolute Gasteiger partial charge is 0.756 e. The average molecular weight is 630 g/mol. The van der Waals surface area contributed by atoms with Crippen molar-refractivity contribution in [3.8, 4) is 0 Å². The van der Waals surface area contributed by atoms with E-state index in [0.717, 1.165) is 38.5 Å². The molecule has 0 aliphatic heterocycles. The van der Waals surface area contributed by atoms with Crippen LogP contribution in [-0.4, -0.2) is 37.1 Å². The van der Waals surface area contributed by atoms with Crippen molar-refractivity contribution in [2.75, 3.05) is 37.1 Å². The highest BCUT2D eigenvalue weighted by Crippen LogP contribution is 2.39. The Hall–Kier alpha value is 1.18. The van der Waals surface area contributed by atoms with Gasteiger partial charge in [0, 0.05) is 10.7 Å². The molecule has 2 unspecified atom stereocenters. The Bertz CT molecular complexity index is 470. The van der Waals surface area contributed by atoms with Gasteiger partial charge in [0.1, 0.15) is 0 Å². The topological polar surface area (TPSA) is 117 Å². The van der Waals surface area contributed by atoms with Crippen LogP contribution >= 0.6 is 47.5 Å². The van der Waals surface area contributed by atoms with Crippen LogP contribution in [0, 0.1) is 0 Å². The number of phosphoric ester groups is 2. The summed E-state index contributed by atoms with van der Waals surface area (Å²) < 4.78 is 41.5. The molecule has 0 radical (unpaired) electrons. The first-order chi connectivity index (χ1) is 15.3. The van der Waals surface area contributed by atoms with E-state index >= 15 is 0 Å². The van der Waals surface area contributed by atoms with Gasteiger partial charge in [-0.15, -0.1) is 0 Å². The van der Waals surface area contributed by atoms with E-state index in [1.807, 2.05) is 0 Å². The van der Waals surface area contributed by atoms with E-state index in [9.17, 15) is 18.9 Å². The lowest BCUT2D eigenvalue weighted by Gasteiger charge is -2.22. The standard InChI is InChI=1S/C20H42Br2O8P2/c21-15-19-29-31(23,24)27-17-13-11-9-7-5-3-1-2-4-6-8-10-12-14-18-28-32(25,26)30-20-16-22/h1-20H2,(H,23,24)(H,25,26)/p-2. The van der Waals surface area contributed by atoms with Crippen molar-refractivity contribution >= 4 is 47.5 Å². The van der Waals surface area contributed by atoms with Gasteiger partial charge >= 0.3 is 0 Å². The van der Waals surface area contributed by atoms with Crippen molar-refractivity contribution in [1.82, 2.24) is 0 Å². The summed E-state index contributed by atoms with van der Waals surface area (Å²) in [5.41, 5.74) is 0. The zero-order chi connectivity index (χ0) is 24.0. The summed E-state index contributed by atoms with van der Waals surface area (Å²) in [4.78, 5) is 22.7. The van der Waals surface area contributed by atoms with Gasteiger partial charge in [0.2, 0.25) is 0 Å². The van der Waals surface area contributed by atoms with Crippen LogP contribution in [0.5, 0.6) is 0 Å². The molecule has 0 bridgehead atoms. The second kappa shape index (κ2) is 22.6. The van der Waals surface area contributed by atoms with Crippen molar-refractivity contribution < 1.29 is 37.0 Å². The zero-order valence-electron chi connectivity index (χ0n) is 19.1. The minimum atomic E-state index is -4.12. The Balaban J connectivity index is 3.25. The van der Waals surface area contributed by atoms with E-state index in [0.29, 0.717) is 10.7 Å². The molecule has 0 amide bonds. The lowest BCUT2D eigenvalue weighted by molar-refractivity contribution is -0.226. The molecule has 0 aromatic carbocycles. The van der Waals surface area contributed by atoms with Crippen molar-refractivity contribution in [3.63, 3.8) is 0 Å². The van der Waals surface area contributed by atoms with Crippen molar-refractivity contribution in [2.45, 2.75) is 89.9 Å². The molecule has 2 atom stereocenters. The van der Waals surface area contributed by atoms with E-state index < -0.39 is 15.6 Å². The SMILES string of the molecule is O=P([O-])(OCCBr)OCCCCCCCCCCCCCCCCOP(=O)([O-])OCCBr. The quantitative estimate of drug-likeness (QED) is 0.0662. The zero-order valence-corrected chi connectivity index (χ0v) is 24.0. The predicted octanol–water partition coefficient (Wildman–Crippen LogP) is 6.24. The van der Waals surface area contributed by atoms with E-state index in [-0.39, 0.29) is 26.4 Å². The molecule has 0 aromatic rings. The lowest BCUT2D eigenvalue weighted by Crippen LogP contribution is -2.10. The smallest absolute Gasteiger partial charge is 0.267 e. The Morgan fingerprint density at radius 3 is 0.906 bits per heavy atom. The third kappa shape index (κ3) is 24.3. The number of rotatable bonds is 25. The van der Waals surface area contributed by atoms with Crippen molar-refractivity contribution in [1.29, 1.82) is 0 Å². The molecule has 194 valence electrons. The van der Waals surface area contributed by atoms with Crippen molar-refractivity contribution in [3.05, 3.63) is 0 Å². The summed E-state index contributed by atoms with van der Waals surface area (Å²) in [6.07, 6.45) is 15.4. The summed E-state index contributed by atoms with van der Waals surface area (Å²) in [6, 6.07) is 0. The molecule has 0 saturated carbocycles. The van der Waals surface area contributed by atoms with Crippen LogP contribution in [0.2, 0.25) is 0 Å². The van der Waals surface area contributed by atoms with Crippen LogP contribution in [0.3, 0.4) is 0 Å². The van der Waals surface area contributed by atoms with Gasteiger partial charge in [-0.2, -0.15) is 0 Å². The average Bonchev–Trinajstić information content (AvgIpc) is 2.75. The molecular weight excluding hydrogens is 590 g/mol. The van der Waals surface area contributed by atoms with E-state index in [1.165, 1.54) is 51.4 Å². The fraction of sp³-hybridized carbons (Fsp3) is 1.00. The second-order valence-corrected chi connectivity index (χ2v) is 12.0. The fourth-order valence-electron chi connectivity index (χ4n) is 3.05. The number of alkyl halides is 2. The van der Waals surface area contributed by atoms with Crippen LogP contribution < -0.4 is 9.79 Å². The summed E-state index contributed by atoms with van der Waals surface area (Å²) in [7, 11) is -8.24. The highest BCUT2D eigenvalue weighted by Gasteiger charge is 2.08. The van der Waals surface area contributed by atoms with Gasteiger partial charge in [-0.3, -0.25) is 9.13 Å². The maximum absolute atomic E-state index is 11.3.